The predicted octanol–water partition coefficient (Wildman–Crippen LogP) is 1.30. The van der Waals surface area contributed by atoms with Crippen molar-refractivity contribution in [2.45, 2.75) is 6.04 Å². The third-order valence-electron chi connectivity index (χ3n) is 2.73. The Morgan fingerprint density at radius 2 is 2.12 bits per heavy atom. The van der Waals surface area contributed by atoms with E-state index in [2.05, 4.69) is 26.2 Å². The predicted molar refractivity (Wildman–Crippen MR) is 62.9 cm³/mol. The number of aromatic nitrogens is 3. The molecule has 1 fully saturated rings. The highest BCUT2D eigenvalue weighted by molar-refractivity contribution is 9.10. The summed E-state index contributed by atoms with van der Waals surface area (Å²) in [4.78, 5) is 0. The zero-order chi connectivity index (χ0) is 12.2. The van der Waals surface area contributed by atoms with Crippen molar-refractivity contribution in [1.29, 1.82) is 0 Å². The van der Waals surface area contributed by atoms with Gasteiger partial charge in [0, 0.05) is 6.07 Å². The molecular weight excluding hydrogens is 313 g/mol. The van der Waals surface area contributed by atoms with Gasteiger partial charge in [0.25, 0.3) is 0 Å². The highest BCUT2D eigenvalue weighted by Gasteiger charge is 2.36. The average Bonchev–Trinajstić information content (AvgIpc) is 2.57. The molecule has 0 unspecified atom stereocenters. The summed E-state index contributed by atoms with van der Waals surface area (Å²) in [5.74, 6) is -0.325. The second-order valence-electron chi connectivity index (χ2n) is 4.02. The quantitative estimate of drug-likeness (QED) is 0.794. The number of halogens is 2. The monoisotopic (exact) mass is 319 g/mol. The highest BCUT2D eigenvalue weighted by atomic mass is 79.9. The van der Waals surface area contributed by atoms with Gasteiger partial charge in [0.05, 0.1) is 27.5 Å². The van der Waals surface area contributed by atoms with Crippen LogP contribution < -0.4 is 0 Å². The Morgan fingerprint density at radius 1 is 1.41 bits per heavy atom. The fourth-order valence-corrected chi connectivity index (χ4v) is 3.77. The minimum atomic E-state index is -2.94. The molecule has 0 spiro atoms. The van der Waals surface area contributed by atoms with Crippen molar-refractivity contribution in [2.75, 3.05) is 11.5 Å². The van der Waals surface area contributed by atoms with E-state index >= 15 is 0 Å². The van der Waals surface area contributed by atoms with Crippen molar-refractivity contribution >= 4 is 36.8 Å². The molecule has 0 N–H and O–H groups in total. The molecule has 1 aromatic carbocycles. The van der Waals surface area contributed by atoms with E-state index in [-0.39, 0.29) is 17.5 Å². The highest BCUT2D eigenvalue weighted by Crippen LogP contribution is 2.29. The Kier molecular flexibility index (Phi) is 2.27. The van der Waals surface area contributed by atoms with Gasteiger partial charge < -0.3 is 0 Å². The summed E-state index contributed by atoms with van der Waals surface area (Å²) in [6, 6.07) is 2.38. The lowest BCUT2D eigenvalue weighted by molar-refractivity contribution is 0.473. The van der Waals surface area contributed by atoms with E-state index in [1.165, 1.54) is 16.8 Å². The number of benzene rings is 1. The van der Waals surface area contributed by atoms with Gasteiger partial charge in [-0.15, -0.1) is 5.10 Å². The molecule has 0 radical (unpaired) electrons. The SMILES string of the molecule is O=S1(=O)CC(n2nnc3c(Br)cc(F)cc32)C1. The summed E-state index contributed by atoms with van der Waals surface area (Å²) in [6.45, 7) is 0. The van der Waals surface area contributed by atoms with Gasteiger partial charge in [-0.05, 0) is 22.0 Å². The molecule has 90 valence electrons. The number of hydrogen-bond acceptors (Lipinski definition) is 4. The van der Waals surface area contributed by atoms with Crippen LogP contribution in [0.1, 0.15) is 6.04 Å². The topological polar surface area (TPSA) is 64.8 Å². The molecule has 0 amide bonds. The van der Waals surface area contributed by atoms with E-state index in [0.29, 0.717) is 15.5 Å². The standard InChI is InChI=1S/C9H7BrFN3O2S/c10-7-1-5(11)2-8-9(7)12-13-14(8)6-3-17(15,16)4-6/h1-2,6H,3-4H2. The molecule has 1 saturated heterocycles. The fourth-order valence-electron chi connectivity index (χ4n) is 1.92. The summed E-state index contributed by atoms with van der Waals surface area (Å²) < 4.78 is 37.5. The van der Waals surface area contributed by atoms with Gasteiger partial charge in [0.1, 0.15) is 11.3 Å². The molecule has 0 saturated carbocycles. The summed E-state index contributed by atoms with van der Waals surface area (Å²) in [6.07, 6.45) is 0. The molecule has 5 nitrogen and oxygen atoms in total. The molecule has 0 atom stereocenters. The first-order valence-corrected chi connectivity index (χ1v) is 7.48. The first-order valence-electron chi connectivity index (χ1n) is 4.87. The molecule has 17 heavy (non-hydrogen) atoms. The second kappa shape index (κ2) is 3.49. The summed E-state index contributed by atoms with van der Waals surface area (Å²) in [7, 11) is -2.94. The lowest BCUT2D eigenvalue weighted by Crippen LogP contribution is -2.38. The summed E-state index contributed by atoms with van der Waals surface area (Å²) in [5.41, 5.74) is 1.05. The first-order chi connectivity index (χ1) is 7.96. The lowest BCUT2D eigenvalue weighted by atomic mass is 10.3. The summed E-state index contributed by atoms with van der Waals surface area (Å²) in [5, 5.41) is 7.80. The number of nitrogens with zero attached hydrogens (tertiary/aromatic N) is 3. The zero-order valence-corrected chi connectivity index (χ0v) is 10.9. The lowest BCUT2D eigenvalue weighted by Gasteiger charge is -2.25. The van der Waals surface area contributed by atoms with Crippen LogP contribution in [0.4, 0.5) is 4.39 Å². The fraction of sp³-hybridized carbons (Fsp3) is 0.333. The van der Waals surface area contributed by atoms with Crippen molar-refractivity contribution in [3.05, 3.63) is 22.4 Å². The van der Waals surface area contributed by atoms with Gasteiger partial charge in [-0.1, -0.05) is 5.21 Å². The molecule has 1 aliphatic heterocycles. The molecular formula is C9H7BrFN3O2S. The van der Waals surface area contributed by atoms with Crippen LogP contribution in [0.3, 0.4) is 0 Å². The van der Waals surface area contributed by atoms with Crippen molar-refractivity contribution in [3.8, 4) is 0 Å². The zero-order valence-electron chi connectivity index (χ0n) is 8.47. The van der Waals surface area contributed by atoms with Gasteiger partial charge in [-0.3, -0.25) is 0 Å². The maximum Gasteiger partial charge on any atom is 0.154 e. The van der Waals surface area contributed by atoms with Crippen molar-refractivity contribution in [3.63, 3.8) is 0 Å². The van der Waals surface area contributed by atoms with Crippen LogP contribution >= 0.6 is 15.9 Å². The molecule has 0 aliphatic carbocycles. The van der Waals surface area contributed by atoms with Gasteiger partial charge in [0.15, 0.2) is 9.84 Å². The number of fused-ring (bicyclic) bond motifs is 1. The van der Waals surface area contributed by atoms with Crippen LogP contribution in [0.2, 0.25) is 0 Å². The van der Waals surface area contributed by atoms with E-state index in [1.807, 2.05) is 0 Å². The number of hydrogen-bond donors (Lipinski definition) is 0. The third-order valence-corrected chi connectivity index (χ3v) is 5.12. The van der Waals surface area contributed by atoms with Gasteiger partial charge in [-0.25, -0.2) is 17.5 Å². The Hall–Kier alpha value is -1.02. The largest absolute Gasteiger partial charge is 0.239 e. The van der Waals surface area contributed by atoms with Crippen LogP contribution in [0.25, 0.3) is 11.0 Å². The summed E-state index contributed by atoms with van der Waals surface area (Å²) >= 11 is 3.20. The van der Waals surface area contributed by atoms with Gasteiger partial charge in [0.2, 0.25) is 0 Å². The molecule has 0 bridgehead atoms. The van der Waals surface area contributed by atoms with Gasteiger partial charge >= 0.3 is 0 Å². The minimum Gasteiger partial charge on any atom is -0.239 e. The smallest absolute Gasteiger partial charge is 0.154 e. The normalized spacial score (nSPS) is 19.4. The number of rotatable bonds is 1. The molecule has 2 aromatic rings. The van der Waals surface area contributed by atoms with Crippen molar-refractivity contribution in [1.82, 2.24) is 15.0 Å². The van der Waals surface area contributed by atoms with Crippen molar-refractivity contribution < 1.29 is 12.8 Å². The molecule has 1 aliphatic rings. The Balaban J connectivity index is 2.13. The van der Waals surface area contributed by atoms with Crippen LogP contribution in [0, 0.1) is 5.82 Å². The minimum absolute atomic E-state index is 0.0413. The maximum atomic E-state index is 13.3. The van der Waals surface area contributed by atoms with Crippen LogP contribution in [0.15, 0.2) is 16.6 Å². The van der Waals surface area contributed by atoms with E-state index in [0.717, 1.165) is 0 Å². The molecule has 2 heterocycles. The van der Waals surface area contributed by atoms with Crippen LogP contribution in [0.5, 0.6) is 0 Å². The van der Waals surface area contributed by atoms with Crippen LogP contribution in [-0.4, -0.2) is 34.9 Å². The van der Waals surface area contributed by atoms with E-state index in [9.17, 15) is 12.8 Å². The maximum absolute atomic E-state index is 13.3. The first kappa shape index (κ1) is 11.1. The van der Waals surface area contributed by atoms with E-state index < -0.39 is 15.7 Å². The molecule has 1 aromatic heterocycles. The molecule has 8 heteroatoms. The Labute approximate surface area is 105 Å². The Bertz CT molecular complexity index is 700. The average molecular weight is 320 g/mol. The molecule has 3 rings (SSSR count). The van der Waals surface area contributed by atoms with Gasteiger partial charge in [-0.2, -0.15) is 0 Å². The number of sulfone groups is 1. The van der Waals surface area contributed by atoms with E-state index in [1.54, 1.807) is 0 Å². The Morgan fingerprint density at radius 3 is 2.76 bits per heavy atom. The van der Waals surface area contributed by atoms with E-state index in [4.69, 9.17) is 0 Å². The second-order valence-corrected chi connectivity index (χ2v) is 7.03. The third kappa shape index (κ3) is 1.75. The van der Waals surface area contributed by atoms with Crippen molar-refractivity contribution in [2.24, 2.45) is 0 Å². The van der Waals surface area contributed by atoms with Crippen LogP contribution in [-0.2, 0) is 9.84 Å².